The van der Waals surface area contributed by atoms with Gasteiger partial charge >= 0.3 is 0 Å². The average Bonchev–Trinajstić information content (AvgIpc) is 3.15. The fraction of sp³-hybridized carbons (Fsp3) is 0.565. The lowest BCUT2D eigenvalue weighted by Crippen LogP contribution is -2.38. The monoisotopic (exact) mass is 525 g/mol. The van der Waals surface area contributed by atoms with Crippen LogP contribution in [-0.2, 0) is 18.2 Å². The minimum Gasteiger partial charge on any atom is -0.373 e. The third-order valence-corrected chi connectivity index (χ3v) is 5.37. The van der Waals surface area contributed by atoms with Gasteiger partial charge < -0.3 is 15.4 Å². The van der Waals surface area contributed by atoms with Crippen LogP contribution in [0.25, 0.3) is 0 Å². The summed E-state index contributed by atoms with van der Waals surface area (Å²) in [5.74, 6) is 1.31. The molecule has 2 unspecified atom stereocenters. The first kappa shape index (κ1) is 24.7. The minimum absolute atomic E-state index is 0. The highest BCUT2D eigenvalue weighted by Crippen LogP contribution is 2.33. The number of nitrogens with one attached hydrogen (secondary N) is 2. The molecule has 1 aromatic carbocycles. The molecule has 1 aromatic heterocycles. The molecule has 6 nitrogen and oxygen atoms in total. The zero-order valence-electron chi connectivity index (χ0n) is 18.4. The molecular formula is C23H36IN5O. The zero-order chi connectivity index (χ0) is 20.5. The minimum atomic E-state index is 0. The molecule has 0 amide bonds. The van der Waals surface area contributed by atoms with Gasteiger partial charge in [0, 0.05) is 45.4 Å². The molecule has 2 N–H and O–H groups in total. The van der Waals surface area contributed by atoms with Crippen LogP contribution in [0.15, 0.2) is 41.7 Å². The number of guanidine groups is 1. The molecule has 2 aromatic rings. The van der Waals surface area contributed by atoms with E-state index in [2.05, 4.69) is 60.0 Å². The van der Waals surface area contributed by atoms with Crippen molar-refractivity contribution in [3.8, 4) is 0 Å². The van der Waals surface area contributed by atoms with E-state index in [0.717, 1.165) is 57.9 Å². The highest BCUT2D eigenvalue weighted by molar-refractivity contribution is 14.0. The van der Waals surface area contributed by atoms with E-state index in [1.165, 1.54) is 16.7 Å². The molecule has 0 bridgehead atoms. The highest BCUT2D eigenvalue weighted by atomic mass is 127. The SMILES string of the molecule is CCNC(=NCC1CCCOC1c1ccc(C)cc1)NCCCc1cnn(C)c1.I. The van der Waals surface area contributed by atoms with Crippen molar-refractivity contribution in [2.75, 3.05) is 26.2 Å². The largest absolute Gasteiger partial charge is 0.373 e. The summed E-state index contributed by atoms with van der Waals surface area (Å²) in [5, 5.41) is 11.1. The van der Waals surface area contributed by atoms with Crippen molar-refractivity contribution in [1.82, 2.24) is 20.4 Å². The van der Waals surface area contributed by atoms with Crippen molar-refractivity contribution in [1.29, 1.82) is 0 Å². The van der Waals surface area contributed by atoms with Gasteiger partial charge in [0.1, 0.15) is 0 Å². The highest BCUT2D eigenvalue weighted by Gasteiger charge is 2.27. The van der Waals surface area contributed by atoms with Gasteiger partial charge in [-0.1, -0.05) is 29.8 Å². The molecule has 1 fully saturated rings. The lowest BCUT2D eigenvalue weighted by molar-refractivity contribution is -0.0250. The summed E-state index contributed by atoms with van der Waals surface area (Å²) in [6.45, 7) is 7.59. The molecule has 1 saturated heterocycles. The van der Waals surface area contributed by atoms with E-state index in [1.807, 2.05) is 17.9 Å². The van der Waals surface area contributed by atoms with E-state index in [1.54, 1.807) is 0 Å². The van der Waals surface area contributed by atoms with Crippen LogP contribution < -0.4 is 10.6 Å². The number of aromatic nitrogens is 2. The molecule has 0 aliphatic carbocycles. The topological polar surface area (TPSA) is 63.5 Å². The number of ether oxygens (including phenoxy) is 1. The first-order chi connectivity index (χ1) is 14.2. The molecule has 2 atom stereocenters. The van der Waals surface area contributed by atoms with Crippen molar-refractivity contribution in [3.05, 3.63) is 53.3 Å². The summed E-state index contributed by atoms with van der Waals surface area (Å²) in [7, 11) is 1.95. The molecule has 1 aliphatic rings. The molecular weight excluding hydrogens is 489 g/mol. The van der Waals surface area contributed by atoms with Gasteiger partial charge in [-0.25, -0.2) is 0 Å². The first-order valence-corrected chi connectivity index (χ1v) is 10.8. The summed E-state index contributed by atoms with van der Waals surface area (Å²) < 4.78 is 7.99. The second-order valence-corrected chi connectivity index (χ2v) is 7.88. The predicted molar refractivity (Wildman–Crippen MR) is 134 cm³/mol. The van der Waals surface area contributed by atoms with E-state index in [-0.39, 0.29) is 30.1 Å². The number of rotatable bonds is 8. The predicted octanol–water partition coefficient (Wildman–Crippen LogP) is 4.00. The van der Waals surface area contributed by atoms with Crippen LogP contribution in [0.4, 0.5) is 0 Å². The maximum absolute atomic E-state index is 6.14. The summed E-state index contributed by atoms with van der Waals surface area (Å²) in [4.78, 5) is 4.88. The van der Waals surface area contributed by atoms with Gasteiger partial charge in [-0.15, -0.1) is 24.0 Å². The lowest BCUT2D eigenvalue weighted by atomic mass is 9.89. The van der Waals surface area contributed by atoms with Crippen LogP contribution in [0, 0.1) is 12.8 Å². The smallest absolute Gasteiger partial charge is 0.191 e. The Morgan fingerprint density at radius 2 is 2.07 bits per heavy atom. The Kier molecular flexibility index (Phi) is 10.6. The molecule has 7 heteroatoms. The Morgan fingerprint density at radius 1 is 1.27 bits per heavy atom. The Balaban J connectivity index is 0.00000320. The third-order valence-electron chi connectivity index (χ3n) is 5.37. The van der Waals surface area contributed by atoms with Crippen LogP contribution >= 0.6 is 24.0 Å². The second-order valence-electron chi connectivity index (χ2n) is 7.88. The fourth-order valence-electron chi connectivity index (χ4n) is 3.81. The zero-order valence-corrected chi connectivity index (χ0v) is 20.8. The van der Waals surface area contributed by atoms with Crippen molar-refractivity contribution in [2.24, 2.45) is 18.0 Å². The standard InChI is InChI=1S/C23H35N5O.HI/c1-4-24-23(25-13-5-7-19-15-27-28(3)17-19)26-16-21-8-6-14-29-22(21)20-11-9-18(2)10-12-20;/h9-12,15,17,21-22H,4-8,13-14,16H2,1-3H3,(H2,24,25,26);1H. The molecule has 1 aliphatic heterocycles. The van der Waals surface area contributed by atoms with E-state index >= 15 is 0 Å². The maximum Gasteiger partial charge on any atom is 0.191 e. The van der Waals surface area contributed by atoms with Crippen molar-refractivity contribution >= 4 is 29.9 Å². The van der Waals surface area contributed by atoms with Crippen LogP contribution in [0.3, 0.4) is 0 Å². The number of aryl methyl sites for hydroxylation is 3. The Morgan fingerprint density at radius 3 is 2.77 bits per heavy atom. The van der Waals surface area contributed by atoms with Crippen LogP contribution in [0.1, 0.15) is 49.0 Å². The summed E-state index contributed by atoms with van der Waals surface area (Å²) >= 11 is 0. The number of nitrogens with zero attached hydrogens (tertiary/aromatic N) is 3. The molecule has 0 spiro atoms. The van der Waals surface area contributed by atoms with Gasteiger partial charge in [-0.2, -0.15) is 5.10 Å². The Labute approximate surface area is 197 Å². The van der Waals surface area contributed by atoms with Gasteiger partial charge in [0.15, 0.2) is 5.96 Å². The summed E-state index contributed by atoms with van der Waals surface area (Å²) in [6, 6.07) is 8.73. The van der Waals surface area contributed by atoms with Gasteiger partial charge in [0.05, 0.1) is 12.3 Å². The number of hydrogen-bond acceptors (Lipinski definition) is 3. The number of aliphatic imine (C=N–C) groups is 1. The van der Waals surface area contributed by atoms with E-state index < -0.39 is 0 Å². The first-order valence-electron chi connectivity index (χ1n) is 10.8. The lowest BCUT2D eigenvalue weighted by Gasteiger charge is -2.31. The van der Waals surface area contributed by atoms with Gasteiger partial charge in [0.2, 0.25) is 0 Å². The molecule has 0 radical (unpaired) electrons. The maximum atomic E-state index is 6.14. The van der Waals surface area contributed by atoms with Crippen LogP contribution in [0.2, 0.25) is 0 Å². The van der Waals surface area contributed by atoms with Crippen LogP contribution in [0.5, 0.6) is 0 Å². The van der Waals surface area contributed by atoms with Crippen molar-refractivity contribution in [2.45, 2.75) is 45.6 Å². The van der Waals surface area contributed by atoms with Gasteiger partial charge in [-0.05, 0) is 50.7 Å². The van der Waals surface area contributed by atoms with Gasteiger partial charge in [0.25, 0.3) is 0 Å². The number of benzene rings is 1. The fourth-order valence-corrected chi connectivity index (χ4v) is 3.81. The second kappa shape index (κ2) is 12.9. The van der Waals surface area contributed by atoms with Crippen molar-refractivity contribution < 1.29 is 4.74 Å². The molecule has 30 heavy (non-hydrogen) atoms. The molecule has 166 valence electrons. The Bertz CT molecular complexity index is 774. The average molecular weight is 525 g/mol. The summed E-state index contributed by atoms with van der Waals surface area (Å²) in [5.41, 5.74) is 3.82. The van der Waals surface area contributed by atoms with E-state index in [4.69, 9.17) is 9.73 Å². The van der Waals surface area contributed by atoms with Crippen molar-refractivity contribution in [3.63, 3.8) is 0 Å². The Hall–Kier alpha value is -1.61. The summed E-state index contributed by atoms with van der Waals surface area (Å²) in [6.07, 6.45) is 8.49. The third kappa shape index (κ3) is 7.58. The van der Waals surface area contributed by atoms with Crippen LogP contribution in [-0.4, -0.2) is 42.0 Å². The van der Waals surface area contributed by atoms with E-state index in [0.29, 0.717) is 5.92 Å². The molecule has 3 rings (SSSR count). The number of hydrogen-bond donors (Lipinski definition) is 2. The van der Waals surface area contributed by atoms with Gasteiger partial charge in [-0.3, -0.25) is 9.67 Å². The quantitative estimate of drug-likeness (QED) is 0.237. The number of halogens is 1. The van der Waals surface area contributed by atoms with E-state index in [9.17, 15) is 0 Å². The molecule has 2 heterocycles. The normalized spacial score (nSPS) is 19.2. The molecule has 0 saturated carbocycles.